The summed E-state index contributed by atoms with van der Waals surface area (Å²) in [7, 11) is -4.00. The molecular weight excluding hydrogens is 248 g/mol. The van der Waals surface area contributed by atoms with Crippen molar-refractivity contribution in [3.8, 4) is 0 Å². The van der Waals surface area contributed by atoms with E-state index in [0.717, 1.165) is 0 Å². The van der Waals surface area contributed by atoms with Crippen LogP contribution < -0.4 is 0 Å². The van der Waals surface area contributed by atoms with E-state index in [9.17, 15) is 8.42 Å². The van der Waals surface area contributed by atoms with E-state index in [-0.39, 0.29) is 4.90 Å². The maximum Gasteiger partial charge on any atom is 0.294 e. The SMILES string of the molecule is C=CCCCCCC.O=S(=O)(O)c1ccccc1. The monoisotopic (exact) mass is 270 g/mol. The minimum atomic E-state index is -4.00. The van der Waals surface area contributed by atoms with Gasteiger partial charge in [-0.1, -0.05) is 50.5 Å². The van der Waals surface area contributed by atoms with Gasteiger partial charge in [-0.3, -0.25) is 4.55 Å². The van der Waals surface area contributed by atoms with Crippen LogP contribution in [0.25, 0.3) is 0 Å². The van der Waals surface area contributed by atoms with Crippen molar-refractivity contribution in [3.05, 3.63) is 43.0 Å². The lowest BCUT2D eigenvalue weighted by Gasteiger charge is -1.92. The number of rotatable bonds is 6. The minimum Gasteiger partial charge on any atom is -0.282 e. The minimum absolute atomic E-state index is 0.0741. The highest BCUT2D eigenvalue weighted by Gasteiger charge is 2.05. The van der Waals surface area contributed by atoms with Crippen LogP contribution in [0.2, 0.25) is 0 Å². The van der Waals surface area contributed by atoms with E-state index in [1.165, 1.54) is 44.2 Å². The van der Waals surface area contributed by atoms with E-state index >= 15 is 0 Å². The zero-order valence-electron chi connectivity index (χ0n) is 10.9. The molecule has 0 atom stereocenters. The standard InChI is InChI=1S/C8H16.C6H6O3S/c1-3-5-7-8-6-4-2;7-10(8,9)6-4-2-1-3-5-6/h3H,1,4-8H2,2H3;1-5H,(H,7,8,9). The van der Waals surface area contributed by atoms with Gasteiger partial charge >= 0.3 is 0 Å². The van der Waals surface area contributed by atoms with E-state index in [0.29, 0.717) is 0 Å². The van der Waals surface area contributed by atoms with Gasteiger partial charge in [0, 0.05) is 0 Å². The Morgan fingerprint density at radius 2 is 1.78 bits per heavy atom. The van der Waals surface area contributed by atoms with Crippen LogP contribution in [0.3, 0.4) is 0 Å². The summed E-state index contributed by atoms with van der Waals surface area (Å²) in [5.41, 5.74) is 0. The molecule has 1 rings (SSSR count). The Balaban J connectivity index is 0.000000331. The van der Waals surface area contributed by atoms with Crippen molar-refractivity contribution in [3.63, 3.8) is 0 Å². The molecule has 0 aromatic heterocycles. The third kappa shape index (κ3) is 8.96. The third-order valence-electron chi connectivity index (χ3n) is 2.30. The second-order valence-corrected chi connectivity index (χ2v) is 5.35. The first-order valence-corrected chi connectivity index (χ1v) is 7.59. The molecule has 0 aliphatic heterocycles. The van der Waals surface area contributed by atoms with Crippen LogP contribution in [0, 0.1) is 0 Å². The topological polar surface area (TPSA) is 54.4 Å². The molecule has 1 N–H and O–H groups in total. The summed E-state index contributed by atoms with van der Waals surface area (Å²) in [4.78, 5) is -0.0741. The summed E-state index contributed by atoms with van der Waals surface area (Å²) in [6.45, 7) is 5.89. The molecular formula is C14H22O3S. The van der Waals surface area contributed by atoms with Crippen LogP contribution in [0.5, 0.6) is 0 Å². The molecule has 0 saturated heterocycles. The maximum atomic E-state index is 10.4. The fraction of sp³-hybridized carbons (Fsp3) is 0.429. The smallest absolute Gasteiger partial charge is 0.282 e. The molecule has 0 aliphatic carbocycles. The molecule has 0 saturated carbocycles. The van der Waals surface area contributed by atoms with Gasteiger partial charge in [0.1, 0.15) is 0 Å². The number of hydrogen-bond donors (Lipinski definition) is 1. The predicted molar refractivity (Wildman–Crippen MR) is 75.2 cm³/mol. The van der Waals surface area contributed by atoms with Crippen LogP contribution in [-0.2, 0) is 10.1 Å². The van der Waals surface area contributed by atoms with Crippen LogP contribution >= 0.6 is 0 Å². The third-order valence-corrected chi connectivity index (χ3v) is 3.17. The molecule has 0 radical (unpaired) electrons. The first kappa shape index (κ1) is 16.9. The summed E-state index contributed by atoms with van der Waals surface area (Å²) >= 11 is 0. The molecule has 1 aromatic carbocycles. The molecule has 0 aliphatic rings. The Morgan fingerprint density at radius 1 is 1.17 bits per heavy atom. The largest absolute Gasteiger partial charge is 0.294 e. The lowest BCUT2D eigenvalue weighted by atomic mass is 10.2. The molecule has 0 fully saturated rings. The van der Waals surface area contributed by atoms with Gasteiger partial charge in [0.15, 0.2) is 0 Å². The lowest BCUT2D eigenvalue weighted by Crippen LogP contribution is -1.96. The van der Waals surface area contributed by atoms with Crippen molar-refractivity contribution in [2.24, 2.45) is 0 Å². The molecule has 0 amide bonds. The zero-order chi connectivity index (χ0) is 13.9. The number of allylic oxidation sites excluding steroid dienone is 1. The summed E-state index contributed by atoms with van der Waals surface area (Å²) in [5.74, 6) is 0. The van der Waals surface area contributed by atoms with Gasteiger partial charge in [0.2, 0.25) is 0 Å². The van der Waals surface area contributed by atoms with E-state index < -0.39 is 10.1 Å². The molecule has 0 heterocycles. The molecule has 18 heavy (non-hydrogen) atoms. The van der Waals surface area contributed by atoms with E-state index in [1.807, 2.05) is 6.08 Å². The van der Waals surface area contributed by atoms with Crippen LogP contribution in [0.1, 0.15) is 39.0 Å². The zero-order valence-corrected chi connectivity index (χ0v) is 11.7. The van der Waals surface area contributed by atoms with E-state index in [2.05, 4.69) is 13.5 Å². The fourth-order valence-electron chi connectivity index (χ4n) is 1.31. The number of hydrogen-bond acceptors (Lipinski definition) is 2. The Hall–Kier alpha value is -1.13. The molecule has 1 aromatic rings. The fourth-order valence-corrected chi connectivity index (χ4v) is 1.81. The second kappa shape index (κ2) is 9.85. The Morgan fingerprint density at radius 3 is 2.17 bits per heavy atom. The Labute approximate surface area is 110 Å². The van der Waals surface area contributed by atoms with E-state index in [4.69, 9.17) is 4.55 Å². The lowest BCUT2D eigenvalue weighted by molar-refractivity contribution is 0.483. The highest BCUT2D eigenvalue weighted by Crippen LogP contribution is 2.05. The van der Waals surface area contributed by atoms with Gasteiger partial charge in [0.05, 0.1) is 4.90 Å². The van der Waals surface area contributed by atoms with Gasteiger partial charge in [-0.2, -0.15) is 8.42 Å². The van der Waals surface area contributed by atoms with Crippen molar-refractivity contribution >= 4 is 10.1 Å². The molecule has 0 spiro atoms. The average Bonchev–Trinajstić information content (AvgIpc) is 2.36. The first-order valence-electron chi connectivity index (χ1n) is 6.15. The number of benzene rings is 1. The van der Waals surface area contributed by atoms with Crippen molar-refractivity contribution < 1.29 is 13.0 Å². The van der Waals surface area contributed by atoms with Crippen molar-refractivity contribution in [1.29, 1.82) is 0 Å². The maximum absolute atomic E-state index is 10.4. The summed E-state index contributed by atoms with van der Waals surface area (Å²) in [6, 6.07) is 7.42. The normalized spacial score (nSPS) is 10.3. The number of unbranched alkanes of at least 4 members (excludes halogenated alkanes) is 4. The van der Waals surface area contributed by atoms with Gasteiger partial charge in [-0.05, 0) is 25.0 Å². The van der Waals surface area contributed by atoms with Gasteiger partial charge in [0.25, 0.3) is 10.1 Å². The highest BCUT2D eigenvalue weighted by molar-refractivity contribution is 7.85. The summed E-state index contributed by atoms with van der Waals surface area (Å²) in [5, 5.41) is 0. The Bertz CT molecular complexity index is 410. The molecule has 102 valence electrons. The van der Waals surface area contributed by atoms with E-state index in [1.54, 1.807) is 18.2 Å². The summed E-state index contributed by atoms with van der Waals surface area (Å²) < 4.78 is 29.2. The summed E-state index contributed by atoms with van der Waals surface area (Å²) in [6.07, 6.45) is 8.61. The molecule has 0 unspecified atom stereocenters. The van der Waals surface area contributed by atoms with Crippen molar-refractivity contribution in [2.45, 2.75) is 43.9 Å². The average molecular weight is 270 g/mol. The van der Waals surface area contributed by atoms with Crippen LogP contribution in [0.15, 0.2) is 47.9 Å². The van der Waals surface area contributed by atoms with Crippen molar-refractivity contribution in [2.75, 3.05) is 0 Å². The quantitative estimate of drug-likeness (QED) is 0.481. The predicted octanol–water partition coefficient (Wildman–Crippen LogP) is 4.08. The molecule has 0 bridgehead atoms. The van der Waals surface area contributed by atoms with Gasteiger partial charge < -0.3 is 0 Å². The van der Waals surface area contributed by atoms with Crippen molar-refractivity contribution in [1.82, 2.24) is 0 Å². The van der Waals surface area contributed by atoms with Crippen LogP contribution in [0.4, 0.5) is 0 Å². The first-order chi connectivity index (χ1) is 8.52. The Kier molecular flexibility index (Phi) is 9.24. The highest BCUT2D eigenvalue weighted by atomic mass is 32.2. The van der Waals surface area contributed by atoms with Gasteiger partial charge in [-0.15, -0.1) is 6.58 Å². The molecule has 4 heteroatoms. The second-order valence-electron chi connectivity index (χ2n) is 3.93. The van der Waals surface area contributed by atoms with Crippen LogP contribution in [-0.4, -0.2) is 13.0 Å². The molecule has 3 nitrogen and oxygen atoms in total. The van der Waals surface area contributed by atoms with Gasteiger partial charge in [-0.25, -0.2) is 0 Å².